The smallest absolute Gasteiger partial charge is 0.140 e. The van der Waals surface area contributed by atoms with E-state index in [0.29, 0.717) is 0 Å². The SMILES string of the molecule is [B]c1ccccc1C1(C(C)=O)CC1. The molecule has 1 aromatic carbocycles. The van der Waals surface area contributed by atoms with E-state index in [-0.39, 0.29) is 11.2 Å². The highest BCUT2D eigenvalue weighted by Gasteiger charge is 2.48. The van der Waals surface area contributed by atoms with Crippen LogP contribution >= 0.6 is 0 Å². The highest BCUT2D eigenvalue weighted by atomic mass is 16.1. The Kier molecular flexibility index (Phi) is 1.79. The van der Waals surface area contributed by atoms with Crippen molar-refractivity contribution in [3.63, 3.8) is 0 Å². The second-order valence-corrected chi connectivity index (χ2v) is 3.73. The average molecular weight is 170 g/mol. The minimum Gasteiger partial charge on any atom is -0.299 e. The first-order valence-electron chi connectivity index (χ1n) is 4.53. The Labute approximate surface area is 79.6 Å². The third-order valence-corrected chi connectivity index (χ3v) is 2.90. The van der Waals surface area contributed by atoms with Crippen molar-refractivity contribution in [3.8, 4) is 0 Å². The third kappa shape index (κ3) is 1.21. The molecule has 0 atom stereocenters. The van der Waals surface area contributed by atoms with Crippen LogP contribution in [0.15, 0.2) is 24.3 Å². The highest BCUT2D eigenvalue weighted by Crippen LogP contribution is 2.47. The molecule has 2 rings (SSSR count). The predicted octanol–water partition coefficient (Wildman–Crippen LogP) is 1.10. The molecule has 2 radical (unpaired) electrons. The molecule has 1 aliphatic rings. The van der Waals surface area contributed by atoms with Gasteiger partial charge in [0.1, 0.15) is 13.6 Å². The first kappa shape index (κ1) is 8.55. The first-order valence-corrected chi connectivity index (χ1v) is 4.53. The van der Waals surface area contributed by atoms with E-state index in [1.807, 2.05) is 24.3 Å². The summed E-state index contributed by atoms with van der Waals surface area (Å²) in [6.07, 6.45) is 1.91. The van der Waals surface area contributed by atoms with Crippen LogP contribution < -0.4 is 5.46 Å². The Morgan fingerprint density at radius 1 is 1.38 bits per heavy atom. The van der Waals surface area contributed by atoms with Gasteiger partial charge in [-0.2, -0.15) is 0 Å². The molecule has 1 fully saturated rings. The number of benzene rings is 1. The number of hydrogen-bond donors (Lipinski definition) is 0. The van der Waals surface area contributed by atoms with Gasteiger partial charge in [0.15, 0.2) is 0 Å². The molecule has 0 N–H and O–H groups in total. The van der Waals surface area contributed by atoms with Gasteiger partial charge in [-0.05, 0) is 25.3 Å². The molecule has 1 aromatic rings. The number of rotatable bonds is 2. The van der Waals surface area contributed by atoms with Crippen molar-refractivity contribution in [1.82, 2.24) is 0 Å². The maximum Gasteiger partial charge on any atom is 0.140 e. The van der Waals surface area contributed by atoms with Gasteiger partial charge in [0.25, 0.3) is 0 Å². The van der Waals surface area contributed by atoms with Gasteiger partial charge in [0, 0.05) is 0 Å². The highest BCUT2D eigenvalue weighted by molar-refractivity contribution is 6.34. The maximum atomic E-state index is 11.4. The van der Waals surface area contributed by atoms with Crippen molar-refractivity contribution in [1.29, 1.82) is 0 Å². The van der Waals surface area contributed by atoms with Crippen LogP contribution in [0.5, 0.6) is 0 Å². The molecule has 64 valence electrons. The molecule has 0 spiro atoms. The molecule has 0 aromatic heterocycles. The summed E-state index contributed by atoms with van der Waals surface area (Å²) in [6, 6.07) is 7.66. The van der Waals surface area contributed by atoms with Crippen LogP contribution in [0, 0.1) is 0 Å². The molecular weight excluding hydrogens is 159 g/mol. The Bertz CT molecular complexity index is 353. The van der Waals surface area contributed by atoms with Gasteiger partial charge in [0.2, 0.25) is 0 Å². The van der Waals surface area contributed by atoms with Gasteiger partial charge in [0.05, 0.1) is 5.41 Å². The van der Waals surface area contributed by atoms with E-state index in [1.54, 1.807) is 6.92 Å². The van der Waals surface area contributed by atoms with Crippen molar-refractivity contribution in [2.75, 3.05) is 0 Å². The van der Waals surface area contributed by atoms with Crippen molar-refractivity contribution in [2.45, 2.75) is 25.2 Å². The number of ketones is 1. The molecular formula is C11H11BO. The molecule has 1 nitrogen and oxygen atoms in total. The van der Waals surface area contributed by atoms with Crippen molar-refractivity contribution >= 4 is 19.1 Å². The molecule has 0 saturated heterocycles. The average Bonchev–Trinajstić information content (AvgIpc) is 2.85. The van der Waals surface area contributed by atoms with Gasteiger partial charge in [-0.1, -0.05) is 29.7 Å². The van der Waals surface area contributed by atoms with Crippen LogP contribution in [0.25, 0.3) is 0 Å². The summed E-state index contributed by atoms with van der Waals surface area (Å²) < 4.78 is 0. The summed E-state index contributed by atoms with van der Waals surface area (Å²) >= 11 is 0. The normalized spacial score (nSPS) is 18.2. The number of carbonyl (C=O) groups excluding carboxylic acids is 1. The zero-order chi connectivity index (χ0) is 9.47. The quantitative estimate of drug-likeness (QED) is 0.607. The van der Waals surface area contributed by atoms with E-state index in [0.717, 1.165) is 23.9 Å². The Morgan fingerprint density at radius 2 is 2.00 bits per heavy atom. The van der Waals surface area contributed by atoms with E-state index < -0.39 is 0 Å². The van der Waals surface area contributed by atoms with Crippen LogP contribution in [0.2, 0.25) is 0 Å². The topological polar surface area (TPSA) is 17.1 Å². The summed E-state index contributed by atoms with van der Waals surface area (Å²) in [5, 5.41) is 0. The molecule has 0 amide bonds. The van der Waals surface area contributed by atoms with Crippen LogP contribution in [0.4, 0.5) is 0 Å². The second-order valence-electron chi connectivity index (χ2n) is 3.73. The second kappa shape index (κ2) is 2.73. The molecule has 0 heterocycles. The lowest BCUT2D eigenvalue weighted by atomic mass is 9.81. The van der Waals surface area contributed by atoms with Crippen molar-refractivity contribution in [2.24, 2.45) is 0 Å². The van der Waals surface area contributed by atoms with Crippen LogP contribution in [-0.4, -0.2) is 13.6 Å². The van der Waals surface area contributed by atoms with Gasteiger partial charge >= 0.3 is 0 Å². The third-order valence-electron chi connectivity index (χ3n) is 2.90. The Hall–Kier alpha value is -1.05. The van der Waals surface area contributed by atoms with E-state index in [2.05, 4.69) is 0 Å². The van der Waals surface area contributed by atoms with Gasteiger partial charge in [-0.3, -0.25) is 4.79 Å². The van der Waals surface area contributed by atoms with E-state index in [1.165, 1.54) is 0 Å². The van der Waals surface area contributed by atoms with Crippen LogP contribution in [-0.2, 0) is 10.2 Å². The monoisotopic (exact) mass is 170 g/mol. The number of carbonyl (C=O) groups is 1. The summed E-state index contributed by atoms with van der Waals surface area (Å²) in [6.45, 7) is 1.65. The molecule has 0 unspecified atom stereocenters. The summed E-state index contributed by atoms with van der Waals surface area (Å²) in [7, 11) is 5.83. The minimum atomic E-state index is -0.231. The molecule has 1 aliphatic carbocycles. The summed E-state index contributed by atoms with van der Waals surface area (Å²) in [5.41, 5.74) is 1.53. The molecule has 13 heavy (non-hydrogen) atoms. The lowest BCUT2D eigenvalue weighted by molar-refractivity contribution is -0.119. The van der Waals surface area contributed by atoms with E-state index in [9.17, 15) is 4.79 Å². The van der Waals surface area contributed by atoms with Crippen LogP contribution in [0.3, 0.4) is 0 Å². The summed E-state index contributed by atoms with van der Waals surface area (Å²) in [4.78, 5) is 11.4. The minimum absolute atomic E-state index is 0.231. The van der Waals surface area contributed by atoms with E-state index in [4.69, 9.17) is 7.85 Å². The summed E-state index contributed by atoms with van der Waals surface area (Å²) in [5.74, 6) is 0.241. The number of hydrogen-bond acceptors (Lipinski definition) is 1. The lowest BCUT2D eigenvalue weighted by Gasteiger charge is -2.14. The molecule has 2 heteroatoms. The van der Waals surface area contributed by atoms with Crippen molar-refractivity contribution in [3.05, 3.63) is 29.8 Å². The predicted molar refractivity (Wildman–Crippen MR) is 53.4 cm³/mol. The fraction of sp³-hybridized carbons (Fsp3) is 0.364. The number of Topliss-reactive ketones (excluding diaryl/α,β-unsaturated/α-hetero) is 1. The molecule has 0 bridgehead atoms. The first-order chi connectivity index (χ1) is 6.17. The Morgan fingerprint density at radius 3 is 2.46 bits per heavy atom. The van der Waals surface area contributed by atoms with Gasteiger partial charge in [-0.25, -0.2) is 0 Å². The Balaban J connectivity index is 2.47. The fourth-order valence-electron chi connectivity index (χ4n) is 1.87. The molecule has 1 saturated carbocycles. The van der Waals surface area contributed by atoms with Crippen molar-refractivity contribution < 1.29 is 4.79 Å². The van der Waals surface area contributed by atoms with Gasteiger partial charge in [-0.15, -0.1) is 0 Å². The van der Waals surface area contributed by atoms with Gasteiger partial charge < -0.3 is 0 Å². The van der Waals surface area contributed by atoms with Crippen LogP contribution in [0.1, 0.15) is 25.3 Å². The zero-order valence-corrected chi connectivity index (χ0v) is 7.71. The molecule has 0 aliphatic heterocycles. The lowest BCUT2D eigenvalue weighted by Crippen LogP contribution is -2.25. The standard InChI is InChI=1S/C11H11BO/c1-8(13)11(6-7-11)9-4-2-3-5-10(9)12/h2-5H,6-7H2,1H3. The van der Waals surface area contributed by atoms with E-state index >= 15 is 0 Å². The maximum absolute atomic E-state index is 11.4. The fourth-order valence-corrected chi connectivity index (χ4v) is 1.87. The zero-order valence-electron chi connectivity index (χ0n) is 7.71. The largest absolute Gasteiger partial charge is 0.299 e.